The molecule has 0 aromatic carbocycles. The molecule has 0 bridgehead atoms. The zero-order chi connectivity index (χ0) is 17.1. The standard InChI is InChI=1S/C15H15N5O3S/c1-8-2-3-12(24-8)10-6-11(20-19-10)14(22)16-5-4-9-7-17-15(23)18-13(9)21/h2-3,6-7H,4-5H2,1H3,(H,16,22)(H,19,20)(H2,17,18,21,23). The molecular formula is C15H15N5O3S. The third-order valence-electron chi connectivity index (χ3n) is 3.39. The van der Waals surface area contributed by atoms with Gasteiger partial charge in [0.05, 0.1) is 10.6 Å². The Morgan fingerprint density at radius 1 is 1.33 bits per heavy atom. The average Bonchev–Trinajstić information content (AvgIpc) is 3.18. The van der Waals surface area contributed by atoms with Crippen molar-refractivity contribution in [2.45, 2.75) is 13.3 Å². The van der Waals surface area contributed by atoms with Gasteiger partial charge in [-0.2, -0.15) is 5.10 Å². The van der Waals surface area contributed by atoms with Crippen LogP contribution >= 0.6 is 11.3 Å². The summed E-state index contributed by atoms with van der Waals surface area (Å²) in [5.74, 6) is -0.327. The van der Waals surface area contributed by atoms with E-state index in [4.69, 9.17) is 0 Å². The van der Waals surface area contributed by atoms with Crippen LogP contribution in [0, 0.1) is 6.92 Å². The molecule has 24 heavy (non-hydrogen) atoms. The molecule has 9 heteroatoms. The topological polar surface area (TPSA) is 124 Å². The fourth-order valence-corrected chi connectivity index (χ4v) is 3.00. The molecule has 0 spiro atoms. The molecule has 3 aromatic heterocycles. The smallest absolute Gasteiger partial charge is 0.325 e. The number of carbonyl (C=O) groups excluding carboxylic acids is 1. The Balaban J connectivity index is 1.60. The molecule has 0 aliphatic heterocycles. The van der Waals surface area contributed by atoms with Gasteiger partial charge < -0.3 is 10.3 Å². The minimum atomic E-state index is -0.555. The number of aromatic nitrogens is 4. The van der Waals surface area contributed by atoms with Crippen LogP contribution in [0.15, 0.2) is 34.0 Å². The third-order valence-corrected chi connectivity index (χ3v) is 4.43. The second-order valence-corrected chi connectivity index (χ2v) is 6.47. The highest BCUT2D eigenvalue weighted by molar-refractivity contribution is 7.15. The van der Waals surface area contributed by atoms with Crippen molar-refractivity contribution in [1.82, 2.24) is 25.5 Å². The van der Waals surface area contributed by atoms with Gasteiger partial charge in [-0.1, -0.05) is 0 Å². The molecule has 3 aromatic rings. The lowest BCUT2D eigenvalue weighted by Crippen LogP contribution is -2.30. The molecule has 8 nitrogen and oxygen atoms in total. The van der Waals surface area contributed by atoms with Gasteiger partial charge in [-0.15, -0.1) is 11.3 Å². The van der Waals surface area contributed by atoms with Crippen LogP contribution in [-0.2, 0) is 6.42 Å². The van der Waals surface area contributed by atoms with E-state index in [1.165, 1.54) is 11.1 Å². The largest absolute Gasteiger partial charge is 0.350 e. The van der Waals surface area contributed by atoms with E-state index in [1.54, 1.807) is 17.4 Å². The molecule has 0 saturated heterocycles. The number of hydrogen-bond acceptors (Lipinski definition) is 5. The van der Waals surface area contributed by atoms with E-state index >= 15 is 0 Å². The summed E-state index contributed by atoms with van der Waals surface area (Å²) in [6.45, 7) is 2.27. The van der Waals surface area contributed by atoms with Gasteiger partial charge in [0.1, 0.15) is 0 Å². The molecule has 0 aliphatic carbocycles. The van der Waals surface area contributed by atoms with Gasteiger partial charge >= 0.3 is 5.69 Å². The summed E-state index contributed by atoms with van der Waals surface area (Å²) >= 11 is 1.61. The molecule has 0 unspecified atom stereocenters. The van der Waals surface area contributed by atoms with Crippen LogP contribution in [0.25, 0.3) is 10.6 Å². The zero-order valence-electron chi connectivity index (χ0n) is 12.8. The SMILES string of the molecule is Cc1ccc(-c2cc(C(=O)NCCc3c[nH]c(=O)[nH]c3=O)n[nH]2)s1. The van der Waals surface area contributed by atoms with Gasteiger partial charge in [-0.3, -0.25) is 19.7 Å². The normalized spacial score (nSPS) is 10.7. The fourth-order valence-electron chi connectivity index (χ4n) is 2.17. The van der Waals surface area contributed by atoms with Gasteiger partial charge in [0.2, 0.25) is 0 Å². The van der Waals surface area contributed by atoms with Crippen LogP contribution in [0.5, 0.6) is 0 Å². The van der Waals surface area contributed by atoms with E-state index < -0.39 is 11.2 Å². The van der Waals surface area contributed by atoms with Crippen LogP contribution in [0.3, 0.4) is 0 Å². The zero-order valence-corrected chi connectivity index (χ0v) is 13.6. The van der Waals surface area contributed by atoms with Gasteiger partial charge in [-0.25, -0.2) is 4.79 Å². The first kappa shape index (κ1) is 15.9. The number of amides is 1. The van der Waals surface area contributed by atoms with Crippen molar-refractivity contribution >= 4 is 17.2 Å². The fraction of sp³-hybridized carbons (Fsp3) is 0.200. The minimum Gasteiger partial charge on any atom is -0.350 e. The van der Waals surface area contributed by atoms with Crippen molar-refractivity contribution in [1.29, 1.82) is 0 Å². The maximum Gasteiger partial charge on any atom is 0.325 e. The molecule has 124 valence electrons. The molecule has 0 fully saturated rings. The van der Waals surface area contributed by atoms with E-state index in [2.05, 4.69) is 25.5 Å². The van der Waals surface area contributed by atoms with E-state index in [0.717, 1.165) is 10.6 Å². The number of aromatic amines is 3. The Kier molecular flexibility index (Phi) is 4.43. The van der Waals surface area contributed by atoms with E-state index in [0.29, 0.717) is 12.0 Å². The predicted molar refractivity (Wildman–Crippen MR) is 90.4 cm³/mol. The first-order valence-corrected chi connectivity index (χ1v) is 8.06. The molecule has 4 N–H and O–H groups in total. The predicted octanol–water partition coefficient (Wildman–Crippen LogP) is 0.796. The lowest BCUT2D eigenvalue weighted by Gasteiger charge is -2.02. The second kappa shape index (κ2) is 6.67. The number of thiophene rings is 1. The number of rotatable bonds is 5. The highest BCUT2D eigenvalue weighted by Gasteiger charge is 2.12. The first-order valence-electron chi connectivity index (χ1n) is 7.24. The third kappa shape index (κ3) is 3.51. The monoisotopic (exact) mass is 345 g/mol. The first-order chi connectivity index (χ1) is 11.5. The summed E-state index contributed by atoms with van der Waals surface area (Å²) in [4.78, 5) is 41.3. The van der Waals surface area contributed by atoms with Crippen LogP contribution in [-0.4, -0.2) is 32.6 Å². The molecule has 3 heterocycles. The Morgan fingerprint density at radius 2 is 2.17 bits per heavy atom. The van der Waals surface area contributed by atoms with Crippen molar-refractivity contribution < 1.29 is 4.79 Å². The Morgan fingerprint density at radius 3 is 2.88 bits per heavy atom. The molecule has 0 saturated carbocycles. The van der Waals surface area contributed by atoms with Gasteiger partial charge in [-0.05, 0) is 31.5 Å². The van der Waals surface area contributed by atoms with E-state index in [9.17, 15) is 14.4 Å². The highest BCUT2D eigenvalue weighted by Crippen LogP contribution is 2.26. The number of hydrogen-bond donors (Lipinski definition) is 4. The Labute approximate surface area is 140 Å². The lowest BCUT2D eigenvalue weighted by atomic mass is 10.2. The van der Waals surface area contributed by atoms with Crippen LogP contribution < -0.4 is 16.6 Å². The quantitative estimate of drug-likeness (QED) is 0.546. The molecule has 0 aliphatic rings. The molecule has 1 amide bonds. The molecule has 0 radical (unpaired) electrons. The number of carbonyl (C=O) groups is 1. The number of nitrogens with one attached hydrogen (secondary N) is 4. The van der Waals surface area contributed by atoms with E-state index in [1.807, 2.05) is 19.1 Å². The molecule has 3 rings (SSSR count). The van der Waals surface area contributed by atoms with Gasteiger partial charge in [0, 0.05) is 23.2 Å². The highest BCUT2D eigenvalue weighted by atomic mass is 32.1. The van der Waals surface area contributed by atoms with Crippen LogP contribution in [0.2, 0.25) is 0 Å². The molecular weight excluding hydrogens is 330 g/mol. The number of aryl methyl sites for hydroxylation is 1. The second-order valence-electron chi connectivity index (χ2n) is 5.18. The summed E-state index contributed by atoms with van der Waals surface area (Å²) in [6, 6.07) is 5.66. The maximum atomic E-state index is 12.1. The van der Waals surface area contributed by atoms with E-state index in [-0.39, 0.29) is 18.1 Å². The maximum absolute atomic E-state index is 12.1. The summed E-state index contributed by atoms with van der Waals surface area (Å²) in [6.07, 6.45) is 1.65. The number of nitrogens with zero attached hydrogens (tertiary/aromatic N) is 1. The van der Waals surface area contributed by atoms with Gasteiger partial charge in [0.15, 0.2) is 5.69 Å². The summed E-state index contributed by atoms with van der Waals surface area (Å²) in [7, 11) is 0. The van der Waals surface area contributed by atoms with Gasteiger partial charge in [0.25, 0.3) is 11.5 Å². The van der Waals surface area contributed by atoms with Crippen LogP contribution in [0.1, 0.15) is 20.9 Å². The minimum absolute atomic E-state index is 0.258. The Bertz CT molecular complexity index is 981. The van der Waals surface area contributed by atoms with Crippen molar-refractivity contribution in [3.05, 3.63) is 61.4 Å². The average molecular weight is 345 g/mol. The summed E-state index contributed by atoms with van der Waals surface area (Å²) in [5, 5.41) is 9.55. The summed E-state index contributed by atoms with van der Waals surface area (Å²) < 4.78 is 0. The summed E-state index contributed by atoms with van der Waals surface area (Å²) in [5.41, 5.74) is 0.456. The van der Waals surface area contributed by atoms with Crippen molar-refractivity contribution in [2.75, 3.05) is 6.54 Å². The van der Waals surface area contributed by atoms with Crippen molar-refractivity contribution in [2.24, 2.45) is 0 Å². The lowest BCUT2D eigenvalue weighted by molar-refractivity contribution is 0.0949. The van der Waals surface area contributed by atoms with Crippen molar-refractivity contribution in [3.63, 3.8) is 0 Å². The number of H-pyrrole nitrogens is 3. The Hall–Kier alpha value is -2.94. The van der Waals surface area contributed by atoms with Crippen LogP contribution in [0.4, 0.5) is 0 Å². The van der Waals surface area contributed by atoms with Crippen molar-refractivity contribution in [3.8, 4) is 10.6 Å². The molecule has 0 atom stereocenters.